The number of hydrogen-bond donors (Lipinski definition) is 0. The summed E-state index contributed by atoms with van der Waals surface area (Å²) in [4.78, 5) is 12.0. The Morgan fingerprint density at radius 2 is 2.05 bits per heavy atom. The Bertz CT molecular complexity index is 622. The van der Waals surface area contributed by atoms with Crippen LogP contribution in [-0.2, 0) is 24.7 Å². The highest BCUT2D eigenvalue weighted by molar-refractivity contribution is 6.30. The van der Waals surface area contributed by atoms with E-state index in [9.17, 15) is 9.18 Å². The van der Waals surface area contributed by atoms with Crippen molar-refractivity contribution in [3.05, 3.63) is 52.1 Å². The normalized spacial score (nSPS) is 10.7. The summed E-state index contributed by atoms with van der Waals surface area (Å²) in [6, 6.07) is 6.29. The van der Waals surface area contributed by atoms with Crippen molar-refractivity contribution in [2.24, 2.45) is 7.05 Å². The van der Waals surface area contributed by atoms with Crippen molar-refractivity contribution in [2.45, 2.75) is 19.8 Å². The van der Waals surface area contributed by atoms with Crippen LogP contribution >= 0.6 is 11.6 Å². The Morgan fingerprint density at radius 1 is 1.37 bits per heavy atom. The van der Waals surface area contributed by atoms with Gasteiger partial charge in [-0.05, 0) is 18.6 Å². The van der Waals surface area contributed by atoms with Gasteiger partial charge in [-0.25, -0.2) is 4.39 Å². The molecule has 0 aliphatic heterocycles. The van der Waals surface area contributed by atoms with E-state index in [2.05, 4.69) is 5.10 Å². The molecule has 100 valence electrons. The molecule has 2 aromatic rings. The van der Waals surface area contributed by atoms with Gasteiger partial charge in [-0.1, -0.05) is 29.8 Å². The number of aryl methyl sites for hydroxylation is 2. The standard InChI is InChI=1S/C14H14ClFN2O/c1-9-12(14(15)18(2)17-9)8-11(19)7-10-5-3-4-6-13(10)16/h3-6H,7-8H2,1-2H3. The van der Waals surface area contributed by atoms with Crippen LogP contribution in [0.1, 0.15) is 16.8 Å². The van der Waals surface area contributed by atoms with Crippen LogP contribution in [0.4, 0.5) is 4.39 Å². The van der Waals surface area contributed by atoms with Gasteiger partial charge >= 0.3 is 0 Å². The molecule has 0 saturated heterocycles. The zero-order valence-electron chi connectivity index (χ0n) is 10.8. The van der Waals surface area contributed by atoms with E-state index in [0.29, 0.717) is 16.3 Å². The summed E-state index contributed by atoms with van der Waals surface area (Å²) in [7, 11) is 1.72. The second kappa shape index (κ2) is 5.53. The maximum atomic E-state index is 13.5. The van der Waals surface area contributed by atoms with Gasteiger partial charge in [-0.3, -0.25) is 9.48 Å². The van der Waals surface area contributed by atoms with Crippen LogP contribution in [-0.4, -0.2) is 15.6 Å². The smallest absolute Gasteiger partial charge is 0.141 e. The van der Waals surface area contributed by atoms with Crippen LogP contribution in [0.5, 0.6) is 0 Å². The second-order valence-electron chi connectivity index (χ2n) is 4.46. The van der Waals surface area contributed by atoms with Gasteiger partial charge in [0, 0.05) is 25.5 Å². The van der Waals surface area contributed by atoms with Gasteiger partial charge in [0.2, 0.25) is 0 Å². The second-order valence-corrected chi connectivity index (χ2v) is 4.82. The number of carbonyl (C=O) groups excluding carboxylic acids is 1. The first-order valence-electron chi connectivity index (χ1n) is 5.92. The third-order valence-corrected chi connectivity index (χ3v) is 3.46. The molecule has 1 aromatic carbocycles. The highest BCUT2D eigenvalue weighted by Crippen LogP contribution is 2.20. The van der Waals surface area contributed by atoms with Gasteiger partial charge in [0.15, 0.2) is 0 Å². The first-order valence-corrected chi connectivity index (χ1v) is 6.30. The average molecular weight is 281 g/mol. The molecule has 0 N–H and O–H groups in total. The summed E-state index contributed by atoms with van der Waals surface area (Å²) in [5.74, 6) is -0.437. The molecule has 19 heavy (non-hydrogen) atoms. The van der Waals surface area contributed by atoms with E-state index in [1.54, 1.807) is 32.2 Å². The van der Waals surface area contributed by atoms with Gasteiger partial charge in [0.05, 0.1) is 5.69 Å². The third kappa shape index (κ3) is 3.01. The SMILES string of the molecule is Cc1nn(C)c(Cl)c1CC(=O)Cc1ccccc1F. The maximum absolute atomic E-state index is 13.5. The fraction of sp³-hybridized carbons (Fsp3) is 0.286. The van der Waals surface area contributed by atoms with Gasteiger partial charge in [-0.2, -0.15) is 5.10 Å². The summed E-state index contributed by atoms with van der Waals surface area (Å²) in [5.41, 5.74) is 1.85. The molecule has 0 fully saturated rings. The van der Waals surface area contributed by atoms with Crippen LogP contribution in [0.15, 0.2) is 24.3 Å². The topological polar surface area (TPSA) is 34.9 Å². The Kier molecular flexibility index (Phi) is 4.00. The van der Waals surface area contributed by atoms with Crippen LogP contribution in [0.2, 0.25) is 5.15 Å². The number of aromatic nitrogens is 2. The number of rotatable bonds is 4. The van der Waals surface area contributed by atoms with E-state index in [1.807, 2.05) is 0 Å². The summed E-state index contributed by atoms with van der Waals surface area (Å²) < 4.78 is 15.0. The summed E-state index contributed by atoms with van der Waals surface area (Å²) >= 11 is 6.07. The monoisotopic (exact) mass is 280 g/mol. The molecule has 3 nitrogen and oxygen atoms in total. The molecule has 0 aliphatic carbocycles. The molecule has 0 amide bonds. The van der Waals surface area contributed by atoms with Gasteiger partial charge in [-0.15, -0.1) is 0 Å². The lowest BCUT2D eigenvalue weighted by Gasteiger charge is -2.03. The van der Waals surface area contributed by atoms with Crippen molar-refractivity contribution in [3.63, 3.8) is 0 Å². The fourth-order valence-corrected chi connectivity index (χ4v) is 2.23. The van der Waals surface area contributed by atoms with Gasteiger partial charge in [0.1, 0.15) is 16.8 Å². The molecule has 0 atom stereocenters. The van der Waals surface area contributed by atoms with E-state index in [0.717, 1.165) is 5.69 Å². The Labute approximate surface area is 116 Å². The predicted octanol–water partition coefficient (Wildman–Crippen LogP) is 2.88. The maximum Gasteiger partial charge on any atom is 0.141 e. The quantitative estimate of drug-likeness (QED) is 0.863. The lowest BCUT2D eigenvalue weighted by atomic mass is 10.0. The average Bonchev–Trinajstić information content (AvgIpc) is 2.59. The molecule has 0 spiro atoms. The number of benzene rings is 1. The lowest BCUT2D eigenvalue weighted by Crippen LogP contribution is -2.08. The Morgan fingerprint density at radius 3 is 2.63 bits per heavy atom. The molecule has 0 unspecified atom stereocenters. The van der Waals surface area contributed by atoms with Crippen molar-refractivity contribution in [1.29, 1.82) is 0 Å². The third-order valence-electron chi connectivity index (χ3n) is 2.99. The van der Waals surface area contributed by atoms with E-state index >= 15 is 0 Å². The molecule has 1 aromatic heterocycles. The molecule has 0 saturated carbocycles. The predicted molar refractivity (Wildman–Crippen MR) is 71.8 cm³/mol. The Balaban J connectivity index is 2.12. The number of hydrogen-bond acceptors (Lipinski definition) is 2. The number of halogens is 2. The first-order chi connectivity index (χ1) is 8.99. The van der Waals surface area contributed by atoms with Gasteiger partial charge < -0.3 is 0 Å². The number of carbonyl (C=O) groups is 1. The largest absolute Gasteiger partial charge is 0.299 e. The zero-order chi connectivity index (χ0) is 14.0. The number of ketones is 1. The van der Waals surface area contributed by atoms with Crippen LogP contribution in [0.25, 0.3) is 0 Å². The van der Waals surface area contributed by atoms with Crippen molar-refractivity contribution in [3.8, 4) is 0 Å². The molecule has 0 bridgehead atoms. The molecular formula is C14H14ClFN2O. The molecule has 0 aliphatic rings. The van der Waals surface area contributed by atoms with E-state index < -0.39 is 0 Å². The van der Waals surface area contributed by atoms with Crippen molar-refractivity contribution < 1.29 is 9.18 Å². The van der Waals surface area contributed by atoms with Crippen molar-refractivity contribution >= 4 is 17.4 Å². The Hall–Kier alpha value is -1.68. The summed E-state index contributed by atoms with van der Waals surface area (Å²) in [6.07, 6.45) is 0.240. The van der Waals surface area contributed by atoms with E-state index in [4.69, 9.17) is 11.6 Å². The lowest BCUT2D eigenvalue weighted by molar-refractivity contribution is -0.117. The first kappa shape index (κ1) is 13.7. The van der Waals surface area contributed by atoms with E-state index in [1.165, 1.54) is 10.7 Å². The summed E-state index contributed by atoms with van der Waals surface area (Å²) in [5, 5.41) is 4.60. The highest BCUT2D eigenvalue weighted by Gasteiger charge is 2.16. The molecule has 2 rings (SSSR count). The summed E-state index contributed by atoms with van der Waals surface area (Å²) in [6.45, 7) is 1.80. The minimum atomic E-state index is -0.357. The molecule has 5 heteroatoms. The number of Topliss-reactive ketones (excluding diaryl/α,β-unsaturated/α-hetero) is 1. The minimum Gasteiger partial charge on any atom is -0.299 e. The van der Waals surface area contributed by atoms with Crippen LogP contribution in [0.3, 0.4) is 0 Å². The zero-order valence-corrected chi connectivity index (χ0v) is 11.5. The van der Waals surface area contributed by atoms with Gasteiger partial charge in [0.25, 0.3) is 0 Å². The van der Waals surface area contributed by atoms with Crippen LogP contribution in [0, 0.1) is 12.7 Å². The molecule has 0 radical (unpaired) electrons. The molecular weight excluding hydrogens is 267 g/mol. The van der Waals surface area contributed by atoms with Crippen molar-refractivity contribution in [2.75, 3.05) is 0 Å². The highest BCUT2D eigenvalue weighted by atomic mass is 35.5. The number of nitrogens with zero attached hydrogens (tertiary/aromatic N) is 2. The fourth-order valence-electron chi connectivity index (χ4n) is 1.99. The molecule has 1 heterocycles. The minimum absolute atomic E-state index is 0.0668. The van der Waals surface area contributed by atoms with Crippen molar-refractivity contribution in [1.82, 2.24) is 9.78 Å². The van der Waals surface area contributed by atoms with E-state index in [-0.39, 0.29) is 24.4 Å². The van der Waals surface area contributed by atoms with Crippen LogP contribution < -0.4 is 0 Å².